The molecule has 2 atom stereocenters. The molecule has 2 aliphatic heterocycles. The van der Waals surface area contributed by atoms with Gasteiger partial charge in [-0.2, -0.15) is 0 Å². The largest absolute Gasteiger partial charge is 0.493 e. The van der Waals surface area contributed by atoms with Crippen LogP contribution in [0.25, 0.3) is 0 Å². The Morgan fingerprint density at radius 1 is 1.50 bits per heavy atom. The van der Waals surface area contributed by atoms with Gasteiger partial charge in [0.1, 0.15) is 5.75 Å². The van der Waals surface area contributed by atoms with Crippen LogP contribution in [0, 0.1) is 5.92 Å². The molecule has 1 aromatic rings. The third-order valence-electron chi connectivity index (χ3n) is 4.21. The van der Waals surface area contributed by atoms with Gasteiger partial charge in [0.15, 0.2) is 0 Å². The molecule has 3 heteroatoms. The van der Waals surface area contributed by atoms with Crippen LogP contribution in [0.5, 0.6) is 5.75 Å². The molecule has 2 heterocycles. The molecule has 2 aliphatic rings. The summed E-state index contributed by atoms with van der Waals surface area (Å²) in [6.07, 6.45) is 2.30. The Balaban J connectivity index is 1.63. The van der Waals surface area contributed by atoms with Crippen LogP contribution in [0.3, 0.4) is 0 Å². The first-order valence-corrected chi connectivity index (χ1v) is 6.95. The van der Waals surface area contributed by atoms with E-state index < -0.39 is 0 Å². The topological polar surface area (TPSA) is 38.5 Å². The van der Waals surface area contributed by atoms with Gasteiger partial charge in [0.05, 0.1) is 6.61 Å². The van der Waals surface area contributed by atoms with Crippen molar-refractivity contribution in [3.05, 3.63) is 29.3 Å². The van der Waals surface area contributed by atoms with Crippen molar-refractivity contribution < 1.29 is 4.74 Å². The Morgan fingerprint density at radius 3 is 3.17 bits per heavy atom. The van der Waals surface area contributed by atoms with Crippen LogP contribution < -0.4 is 10.5 Å². The Morgan fingerprint density at radius 2 is 2.39 bits per heavy atom. The third-order valence-corrected chi connectivity index (χ3v) is 4.21. The predicted octanol–water partition coefficient (Wildman–Crippen LogP) is 1.79. The van der Waals surface area contributed by atoms with E-state index in [1.54, 1.807) is 0 Å². The first kappa shape index (κ1) is 12.0. The van der Waals surface area contributed by atoms with Gasteiger partial charge in [-0.1, -0.05) is 12.1 Å². The Hall–Kier alpha value is -1.06. The van der Waals surface area contributed by atoms with E-state index in [0.29, 0.717) is 12.0 Å². The highest BCUT2D eigenvalue weighted by atomic mass is 16.5. The number of nitrogens with two attached hydrogens (primary N) is 1. The van der Waals surface area contributed by atoms with Crippen LogP contribution in [0.4, 0.5) is 0 Å². The van der Waals surface area contributed by atoms with Crippen molar-refractivity contribution >= 4 is 0 Å². The van der Waals surface area contributed by atoms with Crippen molar-refractivity contribution in [1.82, 2.24) is 4.90 Å². The van der Waals surface area contributed by atoms with Crippen molar-refractivity contribution in [3.8, 4) is 5.75 Å². The summed E-state index contributed by atoms with van der Waals surface area (Å²) in [4.78, 5) is 2.52. The van der Waals surface area contributed by atoms with Gasteiger partial charge in [-0.15, -0.1) is 0 Å². The molecule has 2 unspecified atom stereocenters. The minimum atomic E-state index is 0.323. The summed E-state index contributed by atoms with van der Waals surface area (Å²) in [5.41, 5.74) is 8.76. The van der Waals surface area contributed by atoms with Gasteiger partial charge >= 0.3 is 0 Å². The third kappa shape index (κ3) is 2.38. The van der Waals surface area contributed by atoms with Crippen molar-refractivity contribution in [2.24, 2.45) is 11.7 Å². The lowest BCUT2D eigenvalue weighted by Gasteiger charge is -2.18. The molecule has 18 heavy (non-hydrogen) atoms. The molecule has 0 spiro atoms. The quantitative estimate of drug-likeness (QED) is 0.883. The Labute approximate surface area is 109 Å². The molecule has 0 aromatic heterocycles. The molecule has 2 N–H and O–H groups in total. The zero-order chi connectivity index (χ0) is 12.5. The number of ether oxygens (including phenoxy) is 1. The number of rotatable bonds is 3. The fourth-order valence-electron chi connectivity index (χ4n) is 3.03. The average molecular weight is 246 g/mol. The summed E-state index contributed by atoms with van der Waals surface area (Å²) < 4.78 is 5.54. The molecule has 1 aromatic carbocycles. The van der Waals surface area contributed by atoms with Crippen LogP contribution >= 0.6 is 0 Å². The SMILES string of the molecule is CC(N)C1CCN(Cc2ccc3c(c2)CCO3)C1. The van der Waals surface area contributed by atoms with Crippen LogP contribution in [0.1, 0.15) is 24.5 Å². The summed E-state index contributed by atoms with van der Waals surface area (Å²) in [6.45, 7) is 6.34. The van der Waals surface area contributed by atoms with E-state index in [1.807, 2.05) is 0 Å². The van der Waals surface area contributed by atoms with Gasteiger partial charge in [0.2, 0.25) is 0 Å². The second-order valence-corrected chi connectivity index (χ2v) is 5.68. The molecule has 0 radical (unpaired) electrons. The minimum Gasteiger partial charge on any atom is -0.493 e. The average Bonchev–Trinajstić information content (AvgIpc) is 2.96. The number of fused-ring (bicyclic) bond motifs is 1. The standard InChI is InChI=1S/C15H22N2O/c1-11(16)14-4-6-17(10-14)9-12-2-3-15-13(8-12)5-7-18-15/h2-3,8,11,14H,4-7,9-10,16H2,1H3. The molecule has 0 bridgehead atoms. The van der Waals surface area contributed by atoms with E-state index in [9.17, 15) is 0 Å². The van der Waals surface area contributed by atoms with Gasteiger partial charge in [-0.05, 0) is 43.0 Å². The molecule has 0 saturated carbocycles. The van der Waals surface area contributed by atoms with Crippen molar-refractivity contribution in [3.63, 3.8) is 0 Å². The highest BCUT2D eigenvalue weighted by Crippen LogP contribution is 2.27. The number of hydrogen-bond donors (Lipinski definition) is 1. The fourth-order valence-corrected chi connectivity index (χ4v) is 3.03. The number of likely N-dealkylation sites (tertiary alicyclic amines) is 1. The molecule has 0 aliphatic carbocycles. The van der Waals surface area contributed by atoms with Crippen LogP contribution in [0.15, 0.2) is 18.2 Å². The summed E-state index contributed by atoms with van der Waals surface area (Å²) in [6, 6.07) is 6.95. The first-order valence-electron chi connectivity index (χ1n) is 6.95. The van der Waals surface area contributed by atoms with Gasteiger partial charge in [0.25, 0.3) is 0 Å². The Bertz CT molecular complexity index is 431. The summed E-state index contributed by atoms with van der Waals surface area (Å²) in [7, 11) is 0. The Kier molecular flexibility index (Phi) is 3.27. The molecule has 3 rings (SSSR count). The highest BCUT2D eigenvalue weighted by Gasteiger charge is 2.25. The summed E-state index contributed by atoms with van der Waals surface area (Å²) >= 11 is 0. The molecule has 98 valence electrons. The van der Waals surface area contributed by atoms with Crippen LogP contribution in [-0.2, 0) is 13.0 Å². The predicted molar refractivity (Wildman–Crippen MR) is 72.7 cm³/mol. The van der Waals surface area contributed by atoms with Gasteiger partial charge in [-0.25, -0.2) is 0 Å². The van der Waals surface area contributed by atoms with E-state index in [4.69, 9.17) is 10.5 Å². The fraction of sp³-hybridized carbons (Fsp3) is 0.600. The second-order valence-electron chi connectivity index (χ2n) is 5.68. The first-order chi connectivity index (χ1) is 8.72. The summed E-state index contributed by atoms with van der Waals surface area (Å²) in [5, 5.41) is 0. The van der Waals surface area contributed by atoms with Crippen molar-refractivity contribution in [2.45, 2.75) is 32.4 Å². The van der Waals surface area contributed by atoms with Gasteiger partial charge in [-0.3, -0.25) is 4.90 Å². The van der Waals surface area contributed by atoms with E-state index in [-0.39, 0.29) is 0 Å². The molecule has 3 nitrogen and oxygen atoms in total. The maximum atomic E-state index is 5.98. The molecular formula is C15H22N2O. The summed E-state index contributed by atoms with van der Waals surface area (Å²) in [5.74, 6) is 1.75. The molecule has 1 saturated heterocycles. The van der Waals surface area contributed by atoms with Crippen molar-refractivity contribution in [2.75, 3.05) is 19.7 Å². The second kappa shape index (κ2) is 4.90. The number of hydrogen-bond acceptors (Lipinski definition) is 3. The lowest BCUT2D eigenvalue weighted by atomic mass is 10.0. The van der Waals surface area contributed by atoms with Crippen molar-refractivity contribution in [1.29, 1.82) is 0 Å². The smallest absolute Gasteiger partial charge is 0.122 e. The number of benzene rings is 1. The maximum absolute atomic E-state index is 5.98. The van der Waals surface area contributed by atoms with E-state index in [1.165, 1.54) is 24.1 Å². The normalized spacial score (nSPS) is 24.9. The van der Waals surface area contributed by atoms with E-state index in [2.05, 4.69) is 30.0 Å². The zero-order valence-corrected chi connectivity index (χ0v) is 11.1. The highest BCUT2D eigenvalue weighted by molar-refractivity contribution is 5.39. The maximum Gasteiger partial charge on any atom is 0.122 e. The van der Waals surface area contributed by atoms with Gasteiger partial charge < -0.3 is 10.5 Å². The van der Waals surface area contributed by atoms with E-state index in [0.717, 1.165) is 31.9 Å². The lowest BCUT2D eigenvalue weighted by Crippen LogP contribution is -2.29. The lowest BCUT2D eigenvalue weighted by molar-refractivity contribution is 0.308. The monoisotopic (exact) mass is 246 g/mol. The van der Waals surface area contributed by atoms with E-state index >= 15 is 0 Å². The number of nitrogens with zero attached hydrogens (tertiary/aromatic N) is 1. The molecular weight excluding hydrogens is 224 g/mol. The zero-order valence-electron chi connectivity index (χ0n) is 11.1. The molecule has 0 amide bonds. The van der Waals surface area contributed by atoms with Gasteiger partial charge in [0, 0.05) is 25.6 Å². The van der Waals surface area contributed by atoms with Crippen LogP contribution in [0.2, 0.25) is 0 Å². The minimum absolute atomic E-state index is 0.323. The molecule has 1 fully saturated rings. The van der Waals surface area contributed by atoms with Crippen LogP contribution in [-0.4, -0.2) is 30.6 Å².